The Kier molecular flexibility index (Phi) is 4.83. The van der Waals surface area contributed by atoms with E-state index < -0.39 is 0 Å². The van der Waals surface area contributed by atoms with E-state index in [-0.39, 0.29) is 11.8 Å². The zero-order valence-electron chi connectivity index (χ0n) is 13.8. The lowest BCUT2D eigenvalue weighted by atomic mass is 10.2. The predicted octanol–water partition coefficient (Wildman–Crippen LogP) is 4.84. The van der Waals surface area contributed by atoms with Crippen LogP contribution in [0.15, 0.2) is 36.5 Å². The summed E-state index contributed by atoms with van der Waals surface area (Å²) in [6.07, 6.45) is 1.73. The van der Waals surface area contributed by atoms with E-state index >= 15 is 0 Å². The number of aryl methyl sites for hydroxylation is 1. The first-order valence-corrected chi connectivity index (χ1v) is 8.93. The molecule has 6 heteroatoms. The smallest absolute Gasteiger partial charge is 0.231 e. The molecular formula is C18H18ClN3OS. The maximum atomic E-state index is 12.7. The van der Waals surface area contributed by atoms with Crippen LogP contribution in [0.25, 0.3) is 10.2 Å². The molecule has 0 saturated carbocycles. The van der Waals surface area contributed by atoms with E-state index in [2.05, 4.69) is 4.98 Å². The molecule has 3 aromatic rings. The number of carbonyl (C=O) groups excluding carboxylic acids is 1. The Hall–Kier alpha value is -1.98. The van der Waals surface area contributed by atoms with Crippen molar-refractivity contribution in [3.8, 4) is 0 Å². The van der Waals surface area contributed by atoms with E-state index in [1.54, 1.807) is 11.1 Å². The Balaban J connectivity index is 2.05. The Morgan fingerprint density at radius 1 is 1.33 bits per heavy atom. The van der Waals surface area contributed by atoms with Crippen molar-refractivity contribution in [3.63, 3.8) is 0 Å². The molecule has 0 unspecified atom stereocenters. The van der Waals surface area contributed by atoms with Crippen LogP contribution in [-0.4, -0.2) is 15.9 Å². The van der Waals surface area contributed by atoms with Crippen LogP contribution in [0, 0.1) is 12.8 Å². The number of amides is 1. The number of carbonyl (C=O) groups is 1. The molecule has 124 valence electrons. The molecule has 0 N–H and O–H groups in total. The van der Waals surface area contributed by atoms with Crippen LogP contribution in [-0.2, 0) is 11.3 Å². The highest BCUT2D eigenvalue weighted by molar-refractivity contribution is 7.22. The van der Waals surface area contributed by atoms with Crippen molar-refractivity contribution in [3.05, 3.63) is 52.8 Å². The van der Waals surface area contributed by atoms with Crippen molar-refractivity contribution in [2.24, 2.45) is 5.92 Å². The van der Waals surface area contributed by atoms with Crippen molar-refractivity contribution in [1.29, 1.82) is 0 Å². The average Bonchev–Trinajstić information content (AvgIpc) is 2.96. The molecule has 0 atom stereocenters. The Labute approximate surface area is 150 Å². The van der Waals surface area contributed by atoms with Gasteiger partial charge in [-0.05, 0) is 36.8 Å². The minimum atomic E-state index is -0.120. The monoisotopic (exact) mass is 359 g/mol. The highest BCUT2D eigenvalue weighted by atomic mass is 35.5. The third kappa shape index (κ3) is 3.42. The van der Waals surface area contributed by atoms with Gasteiger partial charge in [0.15, 0.2) is 5.13 Å². The largest absolute Gasteiger partial charge is 0.282 e. The summed E-state index contributed by atoms with van der Waals surface area (Å²) in [5, 5.41) is 1.36. The van der Waals surface area contributed by atoms with E-state index in [1.807, 2.05) is 51.1 Å². The summed E-state index contributed by atoms with van der Waals surface area (Å²) in [5.74, 6) is -0.0890. The summed E-state index contributed by atoms with van der Waals surface area (Å²) in [7, 11) is 0. The fourth-order valence-electron chi connectivity index (χ4n) is 2.46. The van der Waals surface area contributed by atoms with Gasteiger partial charge in [-0.15, -0.1) is 0 Å². The molecule has 0 aliphatic carbocycles. The number of nitrogens with zero attached hydrogens (tertiary/aromatic N) is 3. The van der Waals surface area contributed by atoms with Gasteiger partial charge in [-0.2, -0.15) is 0 Å². The van der Waals surface area contributed by atoms with Crippen LogP contribution in [0.5, 0.6) is 0 Å². The first-order valence-electron chi connectivity index (χ1n) is 7.73. The van der Waals surface area contributed by atoms with E-state index in [4.69, 9.17) is 16.6 Å². The maximum absolute atomic E-state index is 12.7. The fraction of sp³-hybridized carbons (Fsp3) is 0.278. The van der Waals surface area contributed by atoms with Gasteiger partial charge in [0.1, 0.15) is 0 Å². The van der Waals surface area contributed by atoms with Crippen LogP contribution in [0.3, 0.4) is 0 Å². The zero-order valence-corrected chi connectivity index (χ0v) is 15.4. The lowest BCUT2D eigenvalue weighted by Gasteiger charge is -2.21. The molecule has 0 saturated heterocycles. The number of fused-ring (bicyclic) bond motifs is 1. The molecule has 0 aliphatic rings. The summed E-state index contributed by atoms with van der Waals surface area (Å²) >= 11 is 7.62. The number of halogens is 1. The number of benzene rings is 1. The lowest BCUT2D eigenvalue weighted by molar-refractivity contribution is -0.121. The second-order valence-electron chi connectivity index (χ2n) is 5.97. The molecule has 0 fully saturated rings. The molecular weight excluding hydrogens is 342 g/mol. The Bertz CT molecular complexity index is 877. The maximum Gasteiger partial charge on any atom is 0.231 e. The van der Waals surface area contributed by atoms with Crippen molar-refractivity contribution in [2.45, 2.75) is 27.3 Å². The van der Waals surface area contributed by atoms with Crippen LogP contribution in [0.1, 0.15) is 25.1 Å². The molecule has 0 radical (unpaired) electrons. The van der Waals surface area contributed by atoms with Gasteiger partial charge in [-0.25, -0.2) is 4.98 Å². The van der Waals surface area contributed by atoms with Crippen LogP contribution in [0.4, 0.5) is 5.13 Å². The topological polar surface area (TPSA) is 46.1 Å². The molecule has 4 nitrogen and oxygen atoms in total. The van der Waals surface area contributed by atoms with Crippen molar-refractivity contribution in [2.75, 3.05) is 4.90 Å². The number of thiazole rings is 1. The summed E-state index contributed by atoms with van der Waals surface area (Å²) in [6.45, 7) is 6.17. The first kappa shape index (κ1) is 16.9. The molecule has 1 amide bonds. The van der Waals surface area contributed by atoms with Crippen molar-refractivity contribution in [1.82, 2.24) is 9.97 Å². The van der Waals surface area contributed by atoms with E-state index in [0.717, 1.165) is 21.5 Å². The second kappa shape index (κ2) is 6.87. The molecule has 0 bridgehead atoms. The van der Waals surface area contributed by atoms with E-state index in [1.165, 1.54) is 11.3 Å². The van der Waals surface area contributed by atoms with Crippen molar-refractivity contribution >= 4 is 44.2 Å². The molecule has 0 spiro atoms. The Morgan fingerprint density at radius 3 is 2.79 bits per heavy atom. The summed E-state index contributed by atoms with van der Waals surface area (Å²) in [4.78, 5) is 23.5. The van der Waals surface area contributed by atoms with E-state index in [9.17, 15) is 4.79 Å². The predicted molar refractivity (Wildman–Crippen MR) is 99.6 cm³/mol. The minimum Gasteiger partial charge on any atom is -0.282 e. The average molecular weight is 360 g/mol. The van der Waals surface area contributed by atoms with Crippen LogP contribution in [0.2, 0.25) is 5.02 Å². The number of rotatable bonds is 4. The number of pyridine rings is 1. The minimum absolute atomic E-state index is 0.0310. The zero-order chi connectivity index (χ0) is 17.3. The van der Waals surface area contributed by atoms with Gasteiger partial charge < -0.3 is 0 Å². The third-order valence-corrected chi connectivity index (χ3v) is 4.92. The highest BCUT2D eigenvalue weighted by Crippen LogP contribution is 2.34. The number of hydrogen-bond acceptors (Lipinski definition) is 4. The quantitative estimate of drug-likeness (QED) is 0.669. The van der Waals surface area contributed by atoms with Gasteiger partial charge in [-0.3, -0.25) is 14.7 Å². The molecule has 2 heterocycles. The van der Waals surface area contributed by atoms with Gasteiger partial charge in [-0.1, -0.05) is 42.9 Å². The van der Waals surface area contributed by atoms with Gasteiger partial charge >= 0.3 is 0 Å². The van der Waals surface area contributed by atoms with Crippen molar-refractivity contribution < 1.29 is 4.79 Å². The normalized spacial score (nSPS) is 11.2. The molecule has 1 aromatic carbocycles. The Morgan fingerprint density at radius 2 is 2.12 bits per heavy atom. The fourth-order valence-corrected chi connectivity index (χ4v) is 3.89. The van der Waals surface area contributed by atoms with E-state index in [0.29, 0.717) is 16.7 Å². The third-order valence-electron chi connectivity index (χ3n) is 3.68. The SMILES string of the molecule is Cc1cc(Cl)cc2sc(N(Cc3ccccn3)C(=O)C(C)C)nc12. The first-order chi connectivity index (χ1) is 11.5. The summed E-state index contributed by atoms with van der Waals surface area (Å²) in [5.41, 5.74) is 2.73. The lowest BCUT2D eigenvalue weighted by Crippen LogP contribution is -2.34. The molecule has 24 heavy (non-hydrogen) atoms. The summed E-state index contributed by atoms with van der Waals surface area (Å²) in [6, 6.07) is 9.48. The number of aromatic nitrogens is 2. The van der Waals surface area contributed by atoms with Gasteiger partial charge in [0.05, 0.1) is 22.5 Å². The second-order valence-corrected chi connectivity index (χ2v) is 7.41. The van der Waals surface area contributed by atoms with Crippen LogP contribution >= 0.6 is 22.9 Å². The molecule has 0 aliphatic heterocycles. The van der Waals surface area contributed by atoms with Gasteiger partial charge in [0, 0.05) is 17.1 Å². The molecule has 3 rings (SSSR count). The van der Waals surface area contributed by atoms with Gasteiger partial charge in [0.2, 0.25) is 5.91 Å². The summed E-state index contributed by atoms with van der Waals surface area (Å²) < 4.78 is 0.984. The standard InChI is InChI=1S/C18H18ClN3OS/c1-11(2)17(23)22(10-14-6-4-5-7-20-14)18-21-16-12(3)8-13(19)9-15(16)24-18/h4-9,11H,10H2,1-3H3. The highest BCUT2D eigenvalue weighted by Gasteiger charge is 2.23. The number of hydrogen-bond donors (Lipinski definition) is 0. The van der Waals surface area contributed by atoms with Gasteiger partial charge in [0.25, 0.3) is 0 Å². The number of anilines is 1. The molecule has 2 aromatic heterocycles. The van der Waals surface area contributed by atoms with Crippen LogP contribution < -0.4 is 4.90 Å².